The molecule has 1 aliphatic rings. The van der Waals surface area contributed by atoms with Crippen molar-refractivity contribution in [2.75, 3.05) is 23.8 Å². The van der Waals surface area contributed by atoms with Crippen LogP contribution in [-0.4, -0.2) is 35.9 Å². The van der Waals surface area contributed by atoms with Gasteiger partial charge in [-0.15, -0.1) is 11.8 Å². The maximum Gasteiger partial charge on any atom is 0.239 e. The molecule has 1 amide bonds. The number of anilines is 1. The standard InChI is InChI=1S/C22H23FN2O2S2/c1-14-10-19-20(11-15(14)2)29-22(24-19)25(12-17-4-3-9-27-17)21(26)13-28-18-7-5-16(23)6-8-18/h5-8,10-11,17H,3-4,9,12-13H2,1-2H3. The van der Waals surface area contributed by atoms with Crippen LogP contribution in [0.2, 0.25) is 0 Å². The molecular formula is C22H23FN2O2S2. The Morgan fingerprint density at radius 3 is 2.76 bits per heavy atom. The fourth-order valence-corrected chi connectivity index (χ4v) is 5.16. The van der Waals surface area contributed by atoms with Crippen LogP contribution >= 0.6 is 23.1 Å². The van der Waals surface area contributed by atoms with Crippen LogP contribution in [0.15, 0.2) is 41.3 Å². The number of carbonyl (C=O) groups excluding carboxylic acids is 1. The van der Waals surface area contributed by atoms with E-state index in [1.165, 1.54) is 35.0 Å². The maximum absolute atomic E-state index is 13.1. The number of halogens is 1. The summed E-state index contributed by atoms with van der Waals surface area (Å²) in [6.45, 7) is 5.42. The molecule has 7 heteroatoms. The Bertz CT molecular complexity index is 975. The Morgan fingerprint density at radius 2 is 2.03 bits per heavy atom. The average molecular weight is 431 g/mol. The highest BCUT2D eigenvalue weighted by Gasteiger charge is 2.26. The van der Waals surface area contributed by atoms with Crippen molar-refractivity contribution in [2.24, 2.45) is 0 Å². The third-order valence-corrected chi connectivity index (χ3v) is 7.15. The lowest BCUT2D eigenvalue weighted by Gasteiger charge is -2.23. The highest BCUT2D eigenvalue weighted by atomic mass is 32.2. The van der Waals surface area contributed by atoms with Crippen LogP contribution in [0.4, 0.5) is 9.52 Å². The molecule has 3 aromatic rings. The Hall–Kier alpha value is -1.96. The Morgan fingerprint density at radius 1 is 1.28 bits per heavy atom. The van der Waals surface area contributed by atoms with E-state index in [1.54, 1.807) is 28.4 Å². The van der Waals surface area contributed by atoms with Crippen molar-refractivity contribution < 1.29 is 13.9 Å². The number of benzene rings is 2. The highest BCUT2D eigenvalue weighted by Crippen LogP contribution is 2.32. The number of carbonyl (C=O) groups is 1. The molecule has 0 bridgehead atoms. The molecule has 0 saturated carbocycles. The van der Waals surface area contributed by atoms with Crippen LogP contribution in [0, 0.1) is 19.7 Å². The molecule has 1 aliphatic heterocycles. The minimum absolute atomic E-state index is 0.0117. The first-order chi connectivity index (χ1) is 14.0. The molecule has 1 unspecified atom stereocenters. The summed E-state index contributed by atoms with van der Waals surface area (Å²) >= 11 is 2.95. The van der Waals surface area contributed by atoms with Gasteiger partial charge in [-0.25, -0.2) is 9.37 Å². The smallest absolute Gasteiger partial charge is 0.239 e. The summed E-state index contributed by atoms with van der Waals surface area (Å²) < 4.78 is 20.0. The summed E-state index contributed by atoms with van der Waals surface area (Å²) in [5.74, 6) is -0.0186. The van der Waals surface area contributed by atoms with Gasteiger partial charge in [0.2, 0.25) is 5.91 Å². The van der Waals surface area contributed by atoms with Crippen LogP contribution < -0.4 is 4.90 Å². The average Bonchev–Trinajstić information content (AvgIpc) is 3.35. The Kier molecular flexibility index (Phi) is 6.18. The summed E-state index contributed by atoms with van der Waals surface area (Å²) in [5, 5.41) is 0.713. The lowest BCUT2D eigenvalue weighted by atomic mass is 10.1. The molecule has 1 atom stereocenters. The normalized spacial score (nSPS) is 16.4. The van der Waals surface area contributed by atoms with Gasteiger partial charge in [-0.1, -0.05) is 11.3 Å². The van der Waals surface area contributed by atoms with E-state index < -0.39 is 0 Å². The fourth-order valence-electron chi connectivity index (χ4n) is 3.32. The number of hydrogen-bond acceptors (Lipinski definition) is 5. The van der Waals surface area contributed by atoms with Gasteiger partial charge < -0.3 is 4.74 Å². The van der Waals surface area contributed by atoms with Gasteiger partial charge >= 0.3 is 0 Å². The number of aromatic nitrogens is 1. The lowest BCUT2D eigenvalue weighted by Crippen LogP contribution is -2.38. The van der Waals surface area contributed by atoms with Crippen LogP contribution in [0.5, 0.6) is 0 Å². The zero-order chi connectivity index (χ0) is 20.4. The third-order valence-electron chi connectivity index (χ3n) is 5.11. The molecule has 2 aromatic carbocycles. The number of amides is 1. The van der Waals surface area contributed by atoms with E-state index in [2.05, 4.69) is 26.0 Å². The fraction of sp³-hybridized carbons (Fsp3) is 0.364. The first kappa shape index (κ1) is 20.3. The van der Waals surface area contributed by atoms with Crippen molar-refractivity contribution in [2.45, 2.75) is 37.7 Å². The van der Waals surface area contributed by atoms with Gasteiger partial charge in [0.25, 0.3) is 0 Å². The minimum atomic E-state index is -0.277. The molecule has 1 fully saturated rings. The Labute approximate surface area is 178 Å². The highest BCUT2D eigenvalue weighted by molar-refractivity contribution is 8.00. The SMILES string of the molecule is Cc1cc2nc(N(CC3CCCO3)C(=O)CSc3ccc(F)cc3)sc2cc1C. The van der Waals surface area contributed by atoms with E-state index in [1.807, 2.05) is 0 Å². The number of thiazole rings is 1. The van der Waals surface area contributed by atoms with E-state index in [4.69, 9.17) is 9.72 Å². The van der Waals surface area contributed by atoms with Crippen molar-refractivity contribution in [3.05, 3.63) is 53.3 Å². The van der Waals surface area contributed by atoms with Crippen LogP contribution in [-0.2, 0) is 9.53 Å². The second kappa shape index (κ2) is 8.81. The van der Waals surface area contributed by atoms with Crippen LogP contribution in [0.3, 0.4) is 0 Å². The van der Waals surface area contributed by atoms with Crippen molar-refractivity contribution in [3.8, 4) is 0 Å². The zero-order valence-electron chi connectivity index (χ0n) is 16.5. The first-order valence-corrected chi connectivity index (χ1v) is 11.5. The van der Waals surface area contributed by atoms with Gasteiger partial charge in [0, 0.05) is 11.5 Å². The van der Waals surface area contributed by atoms with Gasteiger partial charge in [-0.2, -0.15) is 0 Å². The molecule has 1 saturated heterocycles. The van der Waals surface area contributed by atoms with E-state index in [0.29, 0.717) is 11.7 Å². The van der Waals surface area contributed by atoms with Crippen LogP contribution in [0.1, 0.15) is 24.0 Å². The largest absolute Gasteiger partial charge is 0.376 e. The maximum atomic E-state index is 13.1. The van der Waals surface area contributed by atoms with Gasteiger partial charge in [-0.05, 0) is 74.2 Å². The molecule has 2 heterocycles. The number of ether oxygens (including phenoxy) is 1. The molecule has 0 N–H and O–H groups in total. The molecule has 4 nitrogen and oxygen atoms in total. The number of nitrogens with zero attached hydrogens (tertiary/aromatic N) is 2. The van der Waals surface area contributed by atoms with Crippen molar-refractivity contribution >= 4 is 44.4 Å². The molecule has 152 valence electrons. The van der Waals surface area contributed by atoms with Crippen LogP contribution in [0.25, 0.3) is 10.2 Å². The monoisotopic (exact) mass is 430 g/mol. The molecule has 1 aromatic heterocycles. The van der Waals surface area contributed by atoms with E-state index >= 15 is 0 Å². The van der Waals surface area contributed by atoms with Gasteiger partial charge in [0.05, 0.1) is 28.6 Å². The second-order valence-corrected chi connectivity index (χ2v) is 9.34. The van der Waals surface area contributed by atoms with Gasteiger partial charge in [-0.3, -0.25) is 9.69 Å². The number of hydrogen-bond donors (Lipinski definition) is 0. The van der Waals surface area contributed by atoms with Gasteiger partial charge in [0.1, 0.15) is 5.82 Å². The number of rotatable bonds is 6. The summed E-state index contributed by atoms with van der Waals surface area (Å²) in [7, 11) is 0. The predicted molar refractivity (Wildman–Crippen MR) is 118 cm³/mol. The van der Waals surface area contributed by atoms with E-state index in [0.717, 1.165) is 34.6 Å². The van der Waals surface area contributed by atoms with Gasteiger partial charge in [0.15, 0.2) is 5.13 Å². The summed E-state index contributed by atoms with van der Waals surface area (Å²) in [5.41, 5.74) is 3.33. The number of aryl methyl sites for hydroxylation is 2. The lowest BCUT2D eigenvalue weighted by molar-refractivity contribution is -0.116. The third kappa shape index (κ3) is 4.79. The summed E-state index contributed by atoms with van der Waals surface area (Å²) in [4.78, 5) is 20.5. The van der Waals surface area contributed by atoms with Crippen molar-refractivity contribution in [3.63, 3.8) is 0 Å². The van der Waals surface area contributed by atoms with Crippen molar-refractivity contribution in [1.82, 2.24) is 4.98 Å². The Balaban J connectivity index is 1.56. The summed E-state index contributed by atoms with van der Waals surface area (Å²) in [6, 6.07) is 10.4. The molecule has 4 rings (SSSR count). The zero-order valence-corrected chi connectivity index (χ0v) is 18.1. The molecule has 0 spiro atoms. The molecule has 0 radical (unpaired) electrons. The second-order valence-electron chi connectivity index (χ2n) is 7.28. The summed E-state index contributed by atoms with van der Waals surface area (Å²) in [6.07, 6.45) is 2.03. The topological polar surface area (TPSA) is 42.4 Å². The molecule has 0 aliphatic carbocycles. The van der Waals surface area contributed by atoms with E-state index in [9.17, 15) is 9.18 Å². The number of fused-ring (bicyclic) bond motifs is 1. The predicted octanol–water partition coefficient (Wildman–Crippen LogP) is 5.36. The number of thioether (sulfide) groups is 1. The van der Waals surface area contributed by atoms with Crippen molar-refractivity contribution in [1.29, 1.82) is 0 Å². The van der Waals surface area contributed by atoms with E-state index in [-0.39, 0.29) is 23.6 Å². The first-order valence-electron chi connectivity index (χ1n) is 9.68. The molecular weight excluding hydrogens is 407 g/mol. The minimum Gasteiger partial charge on any atom is -0.376 e. The quantitative estimate of drug-likeness (QED) is 0.494. The molecule has 29 heavy (non-hydrogen) atoms.